The lowest BCUT2D eigenvalue weighted by atomic mass is 9.85. The summed E-state index contributed by atoms with van der Waals surface area (Å²) in [6, 6.07) is 13.6. The summed E-state index contributed by atoms with van der Waals surface area (Å²) in [5.41, 5.74) is 3.91. The normalized spacial score (nSPS) is 19.8. The van der Waals surface area contributed by atoms with Gasteiger partial charge in [-0.1, -0.05) is 43.3 Å². The molecule has 51 heavy (non-hydrogen) atoms. The van der Waals surface area contributed by atoms with E-state index >= 15 is 0 Å². The van der Waals surface area contributed by atoms with Crippen LogP contribution in [0.1, 0.15) is 97.8 Å². The second-order valence-electron chi connectivity index (χ2n) is 12.9. The molecule has 1 unspecified atom stereocenters. The van der Waals surface area contributed by atoms with E-state index in [1.54, 1.807) is 20.3 Å². The molecular formula is C38H45N2O11+. The summed E-state index contributed by atoms with van der Waals surface area (Å²) in [4.78, 5) is 34.0. The maximum atomic E-state index is 12.6. The minimum absolute atomic E-state index is 0.0623. The monoisotopic (exact) mass is 705 g/mol. The van der Waals surface area contributed by atoms with Crippen molar-refractivity contribution in [2.75, 3.05) is 40.6 Å². The minimum Gasteiger partial charge on any atom is -0.496 e. The van der Waals surface area contributed by atoms with Gasteiger partial charge >= 0.3 is 6.07 Å². The van der Waals surface area contributed by atoms with Crippen LogP contribution in [0.3, 0.4) is 0 Å². The van der Waals surface area contributed by atoms with Crippen LogP contribution in [0.2, 0.25) is 0 Å². The molecule has 1 atom stereocenters. The van der Waals surface area contributed by atoms with Crippen molar-refractivity contribution >= 4 is 17.3 Å². The Bertz CT molecular complexity index is 1730. The third-order valence-corrected chi connectivity index (χ3v) is 8.77. The van der Waals surface area contributed by atoms with Crippen molar-refractivity contribution in [1.29, 1.82) is 0 Å². The fraction of sp³-hybridized carbons (Fsp3) is 0.500. The third-order valence-electron chi connectivity index (χ3n) is 8.77. The lowest BCUT2D eigenvalue weighted by Crippen LogP contribution is -2.20. The molecule has 2 saturated heterocycles. The number of nitrogens with zero attached hydrogens (tertiary/aromatic N) is 2. The molecule has 2 aliphatic heterocycles. The van der Waals surface area contributed by atoms with E-state index in [9.17, 15) is 14.4 Å². The van der Waals surface area contributed by atoms with Gasteiger partial charge in [0, 0.05) is 36.8 Å². The first-order chi connectivity index (χ1) is 24.7. The van der Waals surface area contributed by atoms with Crippen molar-refractivity contribution in [3.63, 3.8) is 0 Å². The number of aromatic nitrogens is 1. The number of fused-ring (bicyclic) bond motifs is 1. The van der Waals surface area contributed by atoms with Gasteiger partial charge in [-0.05, 0) is 36.8 Å². The Morgan fingerprint density at radius 1 is 0.745 bits per heavy atom. The fourth-order valence-corrected chi connectivity index (χ4v) is 6.53. The zero-order valence-corrected chi connectivity index (χ0v) is 29.5. The van der Waals surface area contributed by atoms with Crippen LogP contribution < -0.4 is 9.47 Å². The first kappa shape index (κ1) is 37.6. The summed E-state index contributed by atoms with van der Waals surface area (Å²) >= 11 is 0. The highest BCUT2D eigenvalue weighted by Crippen LogP contribution is 2.42. The lowest BCUT2D eigenvalue weighted by molar-refractivity contribution is -0.183. The SMILES string of the molecule is CC1CC(=O)CC(=O)C1.COc1cccc(C2OCCCO2)c1-c1noc2c1C(=O)CC(C)C2.COc1cccc(C2OCCCO2)c1C#[N+]O. The molecule has 0 amide bonds. The molecule has 7 rings (SSSR count). The van der Waals surface area contributed by atoms with Crippen LogP contribution in [0.4, 0.5) is 0 Å². The average Bonchev–Trinajstić information content (AvgIpc) is 3.56. The predicted molar refractivity (Wildman–Crippen MR) is 183 cm³/mol. The first-order valence-electron chi connectivity index (χ1n) is 17.2. The topological polar surface area (TPSA) is 157 Å². The number of ether oxygens (including phenoxy) is 6. The zero-order chi connectivity index (χ0) is 36.3. The Labute approximate surface area is 296 Å². The van der Waals surface area contributed by atoms with Gasteiger partial charge in [0.2, 0.25) is 5.01 Å². The van der Waals surface area contributed by atoms with Gasteiger partial charge in [0.1, 0.15) is 34.5 Å². The molecule has 2 aliphatic carbocycles. The number of methoxy groups -OCH3 is 2. The Balaban J connectivity index is 0.000000167. The van der Waals surface area contributed by atoms with E-state index in [1.165, 1.54) is 0 Å². The molecule has 3 aromatic rings. The fourth-order valence-electron chi connectivity index (χ4n) is 6.53. The number of ketones is 3. The van der Waals surface area contributed by atoms with E-state index in [2.05, 4.69) is 16.2 Å². The summed E-state index contributed by atoms with van der Waals surface area (Å²) in [6.45, 7) is 6.55. The van der Waals surface area contributed by atoms with E-state index in [0.29, 0.717) is 91.3 Å². The Morgan fingerprint density at radius 2 is 1.29 bits per heavy atom. The van der Waals surface area contributed by atoms with E-state index in [-0.39, 0.29) is 29.7 Å². The number of hydrogen-bond acceptors (Lipinski definition) is 12. The highest BCUT2D eigenvalue weighted by molar-refractivity contribution is 6.04. The molecule has 13 nitrogen and oxygen atoms in total. The molecule has 1 N–H and O–H groups in total. The smallest absolute Gasteiger partial charge is 0.392 e. The average molecular weight is 706 g/mol. The molecule has 0 spiro atoms. The second-order valence-corrected chi connectivity index (χ2v) is 12.9. The van der Waals surface area contributed by atoms with Gasteiger partial charge in [0.25, 0.3) is 0 Å². The highest BCUT2D eigenvalue weighted by Gasteiger charge is 2.34. The van der Waals surface area contributed by atoms with Gasteiger partial charge in [0.15, 0.2) is 23.9 Å². The van der Waals surface area contributed by atoms with Crippen LogP contribution in [0.15, 0.2) is 40.9 Å². The minimum atomic E-state index is -0.496. The van der Waals surface area contributed by atoms with Crippen LogP contribution in [-0.2, 0) is 35.0 Å². The number of hydrogen-bond donors (Lipinski definition) is 1. The van der Waals surface area contributed by atoms with Crippen LogP contribution in [0.5, 0.6) is 11.5 Å². The molecule has 2 aromatic carbocycles. The van der Waals surface area contributed by atoms with Crippen molar-refractivity contribution in [1.82, 2.24) is 5.16 Å². The van der Waals surface area contributed by atoms with Crippen molar-refractivity contribution in [3.8, 4) is 28.8 Å². The Hall–Kier alpha value is -4.61. The maximum absolute atomic E-state index is 12.6. The summed E-state index contributed by atoms with van der Waals surface area (Å²) < 4.78 is 38.8. The molecule has 0 bridgehead atoms. The molecule has 0 radical (unpaired) electrons. The predicted octanol–water partition coefficient (Wildman–Crippen LogP) is 6.70. The first-order valence-corrected chi connectivity index (χ1v) is 17.2. The van der Waals surface area contributed by atoms with Crippen LogP contribution in [0.25, 0.3) is 16.3 Å². The third kappa shape index (κ3) is 9.39. The van der Waals surface area contributed by atoms with Crippen molar-refractivity contribution in [2.45, 2.75) is 71.4 Å². The van der Waals surface area contributed by atoms with Crippen LogP contribution in [-0.4, -0.2) is 68.4 Å². The lowest BCUT2D eigenvalue weighted by Gasteiger charge is -2.26. The van der Waals surface area contributed by atoms with Gasteiger partial charge in [0.05, 0.1) is 58.2 Å². The van der Waals surface area contributed by atoms with Crippen molar-refractivity contribution in [2.24, 2.45) is 11.8 Å². The zero-order valence-electron chi connectivity index (χ0n) is 29.5. The number of rotatable bonds is 5. The number of carbonyl (C=O) groups excluding carboxylic acids is 3. The number of Topliss-reactive ketones (excluding diaryl/α,β-unsaturated/α-hetero) is 3. The second kappa shape index (κ2) is 18.1. The van der Waals surface area contributed by atoms with Gasteiger partial charge in [-0.15, -0.1) is 0 Å². The van der Waals surface area contributed by atoms with E-state index in [1.807, 2.05) is 44.2 Å². The molecule has 3 heterocycles. The van der Waals surface area contributed by atoms with Gasteiger partial charge in [-0.2, -0.15) is 5.21 Å². The molecular weight excluding hydrogens is 660 g/mol. The molecule has 272 valence electrons. The largest absolute Gasteiger partial charge is 0.496 e. The maximum Gasteiger partial charge on any atom is 0.392 e. The quantitative estimate of drug-likeness (QED) is 0.222. The van der Waals surface area contributed by atoms with E-state index < -0.39 is 12.6 Å². The van der Waals surface area contributed by atoms with Gasteiger partial charge in [-0.25, -0.2) is 0 Å². The van der Waals surface area contributed by atoms with Crippen molar-refractivity contribution < 1.29 is 52.5 Å². The van der Waals surface area contributed by atoms with Gasteiger partial charge < -0.3 is 32.9 Å². The molecule has 4 aliphatic rings. The molecule has 1 aromatic heterocycles. The summed E-state index contributed by atoms with van der Waals surface area (Å²) in [5.74, 6) is 2.68. The molecule has 13 heteroatoms. The van der Waals surface area contributed by atoms with Crippen molar-refractivity contribution in [3.05, 3.63) is 69.4 Å². The van der Waals surface area contributed by atoms with Crippen LogP contribution >= 0.6 is 0 Å². The highest BCUT2D eigenvalue weighted by atomic mass is 16.7. The Kier molecular flexibility index (Phi) is 13.3. The Morgan fingerprint density at radius 3 is 1.86 bits per heavy atom. The molecule has 3 fully saturated rings. The number of carbonyl (C=O) groups is 3. The van der Waals surface area contributed by atoms with Crippen LogP contribution in [0, 0.1) is 17.9 Å². The standard InChI is InChI=1S/C19H21NO5.C12H13NO4.C7H10O2/c1-11-9-13(21)17-15(10-11)25-20-18(17)16-12(5-3-6-14(16)22-2)19-23-7-4-8-24-19;1-15-11-5-2-4-9(10(11)8-13-14)12-16-6-3-7-17-12;1-5-2-6(8)4-7(9)3-5/h3,5-6,11,19H,4,7-10H2,1-2H3;2,4-5,12H,3,6-7H2,1H3;5H,2-4H2,1H3/p+1. The summed E-state index contributed by atoms with van der Waals surface area (Å²) in [6.07, 6.45) is 3.41. The van der Waals surface area contributed by atoms with E-state index in [4.69, 9.17) is 38.2 Å². The number of benzene rings is 2. The van der Waals surface area contributed by atoms with E-state index in [0.717, 1.165) is 30.4 Å². The summed E-state index contributed by atoms with van der Waals surface area (Å²) in [5, 5.41) is 15.8. The summed E-state index contributed by atoms with van der Waals surface area (Å²) in [7, 11) is 3.14. The molecule has 1 saturated carbocycles. The van der Waals surface area contributed by atoms with Gasteiger partial charge in [-0.3, -0.25) is 14.4 Å².